The minimum absolute atomic E-state index is 0.0489. The van der Waals surface area contributed by atoms with E-state index in [2.05, 4.69) is 42.2 Å². The highest BCUT2D eigenvalue weighted by Gasteiger charge is 2.22. The van der Waals surface area contributed by atoms with Crippen LogP contribution in [0.4, 0.5) is 0 Å². The number of hydrogen-bond acceptors (Lipinski definition) is 4. The van der Waals surface area contributed by atoms with E-state index >= 15 is 0 Å². The predicted octanol–water partition coefficient (Wildman–Crippen LogP) is 3.09. The standard InChI is InChI=1S/C23H28N4O2/c1-3-27-16-21(18(2)24-27)15-25-10-12-26(13-11-25)23(28)17-29-22-9-8-19-6-4-5-7-20(19)14-22/h4-9,14,16H,3,10-13,15,17H2,1-2H3. The van der Waals surface area contributed by atoms with Gasteiger partial charge >= 0.3 is 0 Å². The number of rotatable bonds is 6. The lowest BCUT2D eigenvalue weighted by atomic mass is 10.1. The Morgan fingerprint density at radius 1 is 1.07 bits per heavy atom. The third-order valence-corrected chi connectivity index (χ3v) is 5.57. The predicted molar refractivity (Wildman–Crippen MR) is 114 cm³/mol. The van der Waals surface area contributed by atoms with E-state index in [-0.39, 0.29) is 12.5 Å². The summed E-state index contributed by atoms with van der Waals surface area (Å²) in [5.74, 6) is 0.784. The van der Waals surface area contributed by atoms with Gasteiger partial charge in [-0.1, -0.05) is 30.3 Å². The van der Waals surface area contributed by atoms with E-state index in [0.29, 0.717) is 0 Å². The fourth-order valence-electron chi connectivity index (χ4n) is 3.77. The number of ether oxygens (including phenoxy) is 1. The molecule has 6 heteroatoms. The average Bonchev–Trinajstić information content (AvgIpc) is 3.11. The second-order valence-electron chi connectivity index (χ2n) is 7.55. The van der Waals surface area contributed by atoms with Crippen LogP contribution in [0, 0.1) is 6.92 Å². The van der Waals surface area contributed by atoms with E-state index in [0.717, 1.165) is 56.1 Å². The van der Waals surface area contributed by atoms with Gasteiger partial charge in [0.05, 0.1) is 5.69 Å². The fourth-order valence-corrected chi connectivity index (χ4v) is 3.77. The Morgan fingerprint density at radius 2 is 1.83 bits per heavy atom. The molecule has 0 atom stereocenters. The molecule has 6 nitrogen and oxygen atoms in total. The highest BCUT2D eigenvalue weighted by Crippen LogP contribution is 2.20. The molecule has 0 spiro atoms. The fraction of sp³-hybridized carbons (Fsp3) is 0.391. The normalized spacial score (nSPS) is 15.0. The van der Waals surface area contributed by atoms with Crippen molar-refractivity contribution in [3.05, 3.63) is 59.9 Å². The first-order valence-electron chi connectivity index (χ1n) is 10.3. The first-order valence-corrected chi connectivity index (χ1v) is 10.3. The molecule has 1 aromatic heterocycles. The quantitative estimate of drug-likeness (QED) is 0.647. The van der Waals surface area contributed by atoms with Crippen LogP contribution in [0.25, 0.3) is 10.8 Å². The van der Waals surface area contributed by atoms with Gasteiger partial charge in [-0.15, -0.1) is 0 Å². The summed E-state index contributed by atoms with van der Waals surface area (Å²) >= 11 is 0. The zero-order chi connectivity index (χ0) is 20.2. The lowest BCUT2D eigenvalue weighted by Gasteiger charge is -2.34. The van der Waals surface area contributed by atoms with Crippen LogP contribution in [-0.2, 0) is 17.9 Å². The first kappa shape index (κ1) is 19.5. The first-order chi connectivity index (χ1) is 14.1. The summed E-state index contributed by atoms with van der Waals surface area (Å²) in [5.41, 5.74) is 2.36. The summed E-state index contributed by atoms with van der Waals surface area (Å²) in [5, 5.41) is 6.81. The Labute approximate surface area is 171 Å². The number of nitrogens with zero attached hydrogens (tertiary/aromatic N) is 4. The monoisotopic (exact) mass is 392 g/mol. The molecular formula is C23H28N4O2. The third kappa shape index (κ3) is 4.59. The molecule has 0 unspecified atom stereocenters. The number of aryl methyl sites for hydroxylation is 2. The zero-order valence-electron chi connectivity index (χ0n) is 17.2. The van der Waals surface area contributed by atoms with Gasteiger partial charge in [-0.25, -0.2) is 0 Å². The number of carbonyl (C=O) groups excluding carboxylic acids is 1. The van der Waals surface area contributed by atoms with Crippen molar-refractivity contribution in [2.75, 3.05) is 32.8 Å². The van der Waals surface area contributed by atoms with E-state index in [9.17, 15) is 4.79 Å². The van der Waals surface area contributed by atoms with E-state index in [1.165, 1.54) is 10.9 Å². The number of carbonyl (C=O) groups is 1. The Morgan fingerprint density at radius 3 is 2.55 bits per heavy atom. The molecule has 1 amide bonds. The number of benzene rings is 2. The zero-order valence-corrected chi connectivity index (χ0v) is 17.2. The van der Waals surface area contributed by atoms with Gasteiger partial charge in [0.2, 0.25) is 0 Å². The van der Waals surface area contributed by atoms with Gasteiger partial charge in [0.15, 0.2) is 6.61 Å². The van der Waals surface area contributed by atoms with E-state index < -0.39 is 0 Å². The van der Waals surface area contributed by atoms with Gasteiger partial charge < -0.3 is 9.64 Å². The molecule has 0 bridgehead atoms. The Balaban J connectivity index is 1.26. The van der Waals surface area contributed by atoms with Crippen LogP contribution in [0.5, 0.6) is 5.75 Å². The molecule has 4 rings (SSSR count). The maximum absolute atomic E-state index is 12.6. The summed E-state index contributed by atoms with van der Waals surface area (Å²) in [4.78, 5) is 16.9. The van der Waals surface area contributed by atoms with Gasteiger partial charge in [0.25, 0.3) is 5.91 Å². The lowest BCUT2D eigenvalue weighted by Crippen LogP contribution is -2.49. The van der Waals surface area contributed by atoms with Crippen molar-refractivity contribution in [2.24, 2.45) is 0 Å². The Kier molecular flexibility index (Phi) is 5.81. The minimum atomic E-state index is 0.0489. The minimum Gasteiger partial charge on any atom is -0.484 e. The van der Waals surface area contributed by atoms with Crippen molar-refractivity contribution in [2.45, 2.75) is 26.9 Å². The van der Waals surface area contributed by atoms with Crippen molar-refractivity contribution < 1.29 is 9.53 Å². The molecule has 2 heterocycles. The molecule has 0 radical (unpaired) electrons. The highest BCUT2D eigenvalue weighted by molar-refractivity contribution is 5.84. The maximum atomic E-state index is 12.6. The van der Waals surface area contributed by atoms with Crippen molar-refractivity contribution in [3.8, 4) is 5.75 Å². The average molecular weight is 393 g/mol. The molecule has 3 aromatic rings. The van der Waals surface area contributed by atoms with Gasteiger partial charge in [-0.3, -0.25) is 14.4 Å². The van der Waals surface area contributed by atoms with Crippen molar-refractivity contribution in [1.29, 1.82) is 0 Å². The van der Waals surface area contributed by atoms with Gasteiger partial charge in [0, 0.05) is 51.0 Å². The summed E-state index contributed by atoms with van der Waals surface area (Å²) in [6.07, 6.45) is 2.13. The van der Waals surface area contributed by atoms with Gasteiger partial charge in [-0.2, -0.15) is 5.10 Å². The number of piperazine rings is 1. The number of fused-ring (bicyclic) bond motifs is 1. The van der Waals surface area contributed by atoms with Crippen molar-refractivity contribution in [1.82, 2.24) is 19.6 Å². The SMILES string of the molecule is CCn1cc(CN2CCN(C(=O)COc3ccc4ccccc4c3)CC2)c(C)n1. The number of hydrogen-bond donors (Lipinski definition) is 0. The van der Waals surface area contributed by atoms with Crippen LogP contribution < -0.4 is 4.74 Å². The van der Waals surface area contributed by atoms with E-state index in [1.807, 2.05) is 39.9 Å². The second-order valence-corrected chi connectivity index (χ2v) is 7.55. The molecule has 1 aliphatic rings. The largest absolute Gasteiger partial charge is 0.484 e. The summed E-state index contributed by atoms with van der Waals surface area (Å²) in [7, 11) is 0. The molecule has 0 N–H and O–H groups in total. The summed E-state index contributed by atoms with van der Waals surface area (Å²) in [6, 6.07) is 14.1. The Hall–Kier alpha value is -2.86. The molecule has 0 aliphatic carbocycles. The molecular weight excluding hydrogens is 364 g/mol. The van der Waals surface area contributed by atoms with Crippen LogP contribution in [-0.4, -0.2) is 58.3 Å². The topological polar surface area (TPSA) is 50.6 Å². The Bertz CT molecular complexity index is 989. The van der Waals surface area contributed by atoms with Crippen LogP contribution in [0.1, 0.15) is 18.2 Å². The van der Waals surface area contributed by atoms with Gasteiger partial charge in [0.1, 0.15) is 5.75 Å². The van der Waals surface area contributed by atoms with Crippen LogP contribution in [0.3, 0.4) is 0 Å². The van der Waals surface area contributed by atoms with Crippen molar-refractivity contribution in [3.63, 3.8) is 0 Å². The molecule has 1 fully saturated rings. The smallest absolute Gasteiger partial charge is 0.260 e. The molecule has 1 saturated heterocycles. The van der Waals surface area contributed by atoms with Crippen LogP contribution in [0.15, 0.2) is 48.7 Å². The second kappa shape index (κ2) is 8.66. The number of amides is 1. The summed E-state index contributed by atoms with van der Waals surface area (Å²) < 4.78 is 7.75. The molecule has 152 valence electrons. The maximum Gasteiger partial charge on any atom is 0.260 e. The number of aromatic nitrogens is 2. The van der Waals surface area contributed by atoms with Gasteiger partial charge in [-0.05, 0) is 36.8 Å². The highest BCUT2D eigenvalue weighted by atomic mass is 16.5. The van der Waals surface area contributed by atoms with E-state index in [1.54, 1.807) is 0 Å². The molecule has 1 aliphatic heterocycles. The van der Waals surface area contributed by atoms with Crippen LogP contribution in [0.2, 0.25) is 0 Å². The third-order valence-electron chi connectivity index (χ3n) is 5.57. The molecule has 29 heavy (non-hydrogen) atoms. The summed E-state index contributed by atoms with van der Waals surface area (Å²) in [6.45, 7) is 9.24. The van der Waals surface area contributed by atoms with Crippen molar-refractivity contribution >= 4 is 16.7 Å². The van der Waals surface area contributed by atoms with E-state index in [4.69, 9.17) is 4.74 Å². The van der Waals surface area contributed by atoms with Crippen LogP contribution >= 0.6 is 0 Å². The molecule has 0 saturated carbocycles. The lowest BCUT2D eigenvalue weighted by molar-refractivity contribution is -0.135. The molecule has 2 aromatic carbocycles.